The summed E-state index contributed by atoms with van der Waals surface area (Å²) >= 11 is 0. The van der Waals surface area contributed by atoms with E-state index in [1.807, 2.05) is 6.07 Å². The SMILES string of the molecule is CCCC1CCCN(c2cc(N)nc(C(C)C)n2)CC1. The monoisotopic (exact) mass is 276 g/mol. The molecule has 0 aromatic carbocycles. The van der Waals surface area contributed by atoms with E-state index in [0.717, 1.165) is 30.6 Å². The van der Waals surface area contributed by atoms with Gasteiger partial charge in [0.25, 0.3) is 0 Å². The number of hydrogen-bond acceptors (Lipinski definition) is 4. The zero-order chi connectivity index (χ0) is 14.5. The van der Waals surface area contributed by atoms with Crippen LogP contribution in [0.1, 0.15) is 64.6 Å². The average Bonchev–Trinajstić information content (AvgIpc) is 2.64. The molecule has 0 spiro atoms. The Morgan fingerprint density at radius 3 is 2.80 bits per heavy atom. The second kappa shape index (κ2) is 6.91. The van der Waals surface area contributed by atoms with Crippen molar-refractivity contribution in [2.24, 2.45) is 5.92 Å². The van der Waals surface area contributed by atoms with Crippen LogP contribution in [0, 0.1) is 5.92 Å². The van der Waals surface area contributed by atoms with Gasteiger partial charge in [-0.2, -0.15) is 0 Å². The third-order valence-electron chi connectivity index (χ3n) is 4.13. The standard InChI is InChI=1S/C16H28N4/c1-4-6-13-7-5-9-20(10-8-13)15-11-14(17)18-16(19-15)12(2)3/h11-13H,4-10H2,1-3H3,(H2,17,18,19). The molecule has 2 rings (SSSR count). The molecule has 1 fully saturated rings. The lowest BCUT2D eigenvalue weighted by atomic mass is 9.96. The predicted molar refractivity (Wildman–Crippen MR) is 85.0 cm³/mol. The summed E-state index contributed by atoms with van der Waals surface area (Å²) in [5, 5.41) is 0. The fourth-order valence-electron chi connectivity index (χ4n) is 2.98. The first kappa shape index (κ1) is 15.1. The Kier molecular flexibility index (Phi) is 5.21. The van der Waals surface area contributed by atoms with Crippen LogP contribution in [0.25, 0.3) is 0 Å². The molecule has 1 unspecified atom stereocenters. The van der Waals surface area contributed by atoms with Crippen LogP contribution in [-0.4, -0.2) is 23.1 Å². The highest BCUT2D eigenvalue weighted by molar-refractivity contribution is 5.47. The van der Waals surface area contributed by atoms with Crippen molar-refractivity contribution in [3.05, 3.63) is 11.9 Å². The molecule has 2 N–H and O–H groups in total. The molecular formula is C16H28N4. The highest BCUT2D eigenvalue weighted by atomic mass is 15.2. The molecule has 0 saturated carbocycles. The maximum absolute atomic E-state index is 5.94. The summed E-state index contributed by atoms with van der Waals surface area (Å²) in [6.07, 6.45) is 6.53. The first-order chi connectivity index (χ1) is 9.60. The molecule has 0 aliphatic carbocycles. The van der Waals surface area contributed by atoms with Gasteiger partial charge in [-0.1, -0.05) is 33.6 Å². The molecule has 0 radical (unpaired) electrons. The van der Waals surface area contributed by atoms with Crippen molar-refractivity contribution >= 4 is 11.6 Å². The van der Waals surface area contributed by atoms with Crippen LogP contribution in [0.5, 0.6) is 0 Å². The predicted octanol–water partition coefficient (Wildman–Crippen LogP) is 3.59. The topological polar surface area (TPSA) is 55.0 Å². The second-order valence-corrected chi connectivity index (χ2v) is 6.24. The highest BCUT2D eigenvalue weighted by Gasteiger charge is 2.18. The van der Waals surface area contributed by atoms with E-state index in [-0.39, 0.29) is 0 Å². The lowest BCUT2D eigenvalue weighted by Crippen LogP contribution is -2.26. The van der Waals surface area contributed by atoms with Crippen LogP contribution in [-0.2, 0) is 0 Å². The quantitative estimate of drug-likeness (QED) is 0.913. The Morgan fingerprint density at radius 2 is 2.10 bits per heavy atom. The molecule has 1 aliphatic heterocycles. The van der Waals surface area contributed by atoms with Crippen molar-refractivity contribution in [3.8, 4) is 0 Å². The van der Waals surface area contributed by atoms with Gasteiger partial charge >= 0.3 is 0 Å². The molecule has 1 aromatic heterocycles. The molecule has 0 amide bonds. The third-order valence-corrected chi connectivity index (χ3v) is 4.13. The normalized spacial score (nSPS) is 20.2. The van der Waals surface area contributed by atoms with Gasteiger partial charge < -0.3 is 10.6 Å². The maximum atomic E-state index is 5.94. The van der Waals surface area contributed by atoms with Crippen LogP contribution in [0.4, 0.5) is 11.6 Å². The number of rotatable bonds is 4. The van der Waals surface area contributed by atoms with E-state index in [0.29, 0.717) is 11.7 Å². The van der Waals surface area contributed by atoms with Crippen LogP contribution in [0.15, 0.2) is 6.07 Å². The zero-order valence-electron chi connectivity index (χ0n) is 13.1. The van der Waals surface area contributed by atoms with Crippen molar-refractivity contribution in [1.29, 1.82) is 0 Å². The van der Waals surface area contributed by atoms with Crippen LogP contribution < -0.4 is 10.6 Å². The third kappa shape index (κ3) is 3.84. The number of nitrogen functional groups attached to an aromatic ring is 1. The Balaban J connectivity index is 2.11. The van der Waals surface area contributed by atoms with Gasteiger partial charge in [-0.25, -0.2) is 9.97 Å². The number of anilines is 2. The maximum Gasteiger partial charge on any atom is 0.135 e. The van der Waals surface area contributed by atoms with E-state index in [2.05, 4.69) is 30.7 Å². The van der Waals surface area contributed by atoms with E-state index in [9.17, 15) is 0 Å². The van der Waals surface area contributed by atoms with Crippen molar-refractivity contribution < 1.29 is 0 Å². The number of hydrogen-bond donors (Lipinski definition) is 1. The van der Waals surface area contributed by atoms with Gasteiger partial charge in [-0.3, -0.25) is 0 Å². The molecule has 1 atom stereocenters. The Labute approximate surface area is 122 Å². The van der Waals surface area contributed by atoms with Gasteiger partial charge in [0.05, 0.1) is 0 Å². The zero-order valence-corrected chi connectivity index (χ0v) is 13.1. The number of aromatic nitrogens is 2. The summed E-state index contributed by atoms with van der Waals surface area (Å²) in [5.74, 6) is 3.66. The van der Waals surface area contributed by atoms with E-state index in [1.54, 1.807) is 0 Å². The molecule has 1 saturated heterocycles. The van der Waals surface area contributed by atoms with Crippen LogP contribution >= 0.6 is 0 Å². The van der Waals surface area contributed by atoms with Gasteiger partial charge in [-0.15, -0.1) is 0 Å². The average molecular weight is 276 g/mol. The summed E-state index contributed by atoms with van der Waals surface area (Å²) in [7, 11) is 0. The molecule has 2 heterocycles. The first-order valence-corrected chi connectivity index (χ1v) is 7.99. The fraction of sp³-hybridized carbons (Fsp3) is 0.750. The molecule has 0 bridgehead atoms. The number of nitrogens with two attached hydrogens (primary N) is 1. The molecule has 1 aliphatic rings. The van der Waals surface area contributed by atoms with Crippen molar-refractivity contribution in [3.63, 3.8) is 0 Å². The lowest BCUT2D eigenvalue weighted by molar-refractivity contribution is 0.435. The fourth-order valence-corrected chi connectivity index (χ4v) is 2.98. The van der Waals surface area contributed by atoms with Crippen molar-refractivity contribution in [2.75, 3.05) is 23.7 Å². The van der Waals surface area contributed by atoms with Crippen LogP contribution in [0.2, 0.25) is 0 Å². The second-order valence-electron chi connectivity index (χ2n) is 6.24. The Bertz CT molecular complexity index is 430. The highest BCUT2D eigenvalue weighted by Crippen LogP contribution is 2.26. The van der Waals surface area contributed by atoms with Gasteiger partial charge in [0.1, 0.15) is 17.5 Å². The molecule has 20 heavy (non-hydrogen) atoms. The Hall–Kier alpha value is -1.32. The molecule has 4 heteroatoms. The largest absolute Gasteiger partial charge is 0.384 e. The summed E-state index contributed by atoms with van der Waals surface area (Å²) in [6, 6.07) is 1.92. The lowest BCUT2D eigenvalue weighted by Gasteiger charge is -2.23. The summed E-state index contributed by atoms with van der Waals surface area (Å²) in [5.41, 5.74) is 5.94. The molecule has 1 aromatic rings. The van der Waals surface area contributed by atoms with Gasteiger partial charge in [0.15, 0.2) is 0 Å². The summed E-state index contributed by atoms with van der Waals surface area (Å²) < 4.78 is 0. The van der Waals surface area contributed by atoms with E-state index < -0.39 is 0 Å². The molecule has 112 valence electrons. The summed E-state index contributed by atoms with van der Waals surface area (Å²) in [4.78, 5) is 11.4. The van der Waals surface area contributed by atoms with E-state index >= 15 is 0 Å². The molecular weight excluding hydrogens is 248 g/mol. The van der Waals surface area contributed by atoms with E-state index in [4.69, 9.17) is 10.7 Å². The van der Waals surface area contributed by atoms with Gasteiger partial charge in [-0.05, 0) is 25.2 Å². The van der Waals surface area contributed by atoms with Gasteiger partial charge in [0, 0.05) is 25.1 Å². The molecule has 4 nitrogen and oxygen atoms in total. The van der Waals surface area contributed by atoms with E-state index in [1.165, 1.54) is 32.1 Å². The minimum Gasteiger partial charge on any atom is -0.384 e. The minimum atomic E-state index is 0.317. The van der Waals surface area contributed by atoms with Crippen LogP contribution in [0.3, 0.4) is 0 Å². The number of nitrogens with zero attached hydrogens (tertiary/aromatic N) is 3. The smallest absolute Gasteiger partial charge is 0.135 e. The minimum absolute atomic E-state index is 0.317. The van der Waals surface area contributed by atoms with Crippen molar-refractivity contribution in [2.45, 2.75) is 58.8 Å². The van der Waals surface area contributed by atoms with Crippen molar-refractivity contribution in [1.82, 2.24) is 9.97 Å². The van der Waals surface area contributed by atoms with Gasteiger partial charge in [0.2, 0.25) is 0 Å². The first-order valence-electron chi connectivity index (χ1n) is 7.99. The Morgan fingerprint density at radius 1 is 1.30 bits per heavy atom. The summed E-state index contributed by atoms with van der Waals surface area (Å²) in [6.45, 7) is 8.69.